The molecule has 1 aliphatic carbocycles. The van der Waals surface area contributed by atoms with Gasteiger partial charge in [-0.2, -0.15) is 18.3 Å². The van der Waals surface area contributed by atoms with Crippen LogP contribution in [0, 0.1) is 6.92 Å². The number of rotatable bonds is 6. The molecule has 0 unspecified atom stereocenters. The van der Waals surface area contributed by atoms with Gasteiger partial charge >= 0.3 is 6.18 Å². The second kappa shape index (κ2) is 10.6. The van der Waals surface area contributed by atoms with E-state index in [0.29, 0.717) is 0 Å². The number of ketones is 1. The molecule has 0 bridgehead atoms. The van der Waals surface area contributed by atoms with Crippen LogP contribution >= 0.6 is 11.3 Å². The second-order valence-corrected chi connectivity index (χ2v) is 11.1. The fraction of sp³-hybridized carbons (Fsp3) is 0.481. The summed E-state index contributed by atoms with van der Waals surface area (Å²) in [4.78, 5) is 34.1. The minimum Gasteiger partial charge on any atom is -0.333 e. The number of benzene rings is 1. The lowest BCUT2D eigenvalue weighted by molar-refractivity contribution is -0.141. The number of carbonyl (C=O) groups excluding carboxylic acids is 2. The van der Waals surface area contributed by atoms with Crippen molar-refractivity contribution in [3.8, 4) is 0 Å². The number of carbonyl (C=O) groups is 2. The number of hydrogen-bond donors (Lipinski definition) is 1. The fourth-order valence-corrected chi connectivity index (χ4v) is 6.57. The van der Waals surface area contributed by atoms with Crippen LogP contribution in [0.2, 0.25) is 0 Å². The molecular weight excluding hydrogens is 515 g/mol. The van der Waals surface area contributed by atoms with Crippen LogP contribution in [0.3, 0.4) is 0 Å². The maximum absolute atomic E-state index is 13.9. The number of aryl methyl sites for hydroxylation is 2. The highest BCUT2D eigenvalue weighted by molar-refractivity contribution is 7.14. The SMILES string of the molecule is Cc1cc(C(F)(F)F)nn1CC(=O)c1nc(C(=O)N(C)[C@@H]2CCCc3ccccc32)c(C2CCNCC2)s1. The third kappa shape index (κ3) is 5.26. The van der Waals surface area contributed by atoms with Crippen LogP contribution in [0.4, 0.5) is 13.2 Å². The highest BCUT2D eigenvalue weighted by atomic mass is 32.1. The van der Waals surface area contributed by atoms with Crippen LogP contribution in [-0.4, -0.2) is 51.5 Å². The van der Waals surface area contributed by atoms with E-state index in [4.69, 9.17) is 0 Å². The zero-order valence-electron chi connectivity index (χ0n) is 21.3. The van der Waals surface area contributed by atoms with Crippen molar-refractivity contribution in [1.82, 2.24) is 25.0 Å². The van der Waals surface area contributed by atoms with Gasteiger partial charge in [-0.3, -0.25) is 14.3 Å². The lowest BCUT2D eigenvalue weighted by Gasteiger charge is -2.33. The summed E-state index contributed by atoms with van der Waals surface area (Å²) in [5.41, 5.74) is 1.85. The highest BCUT2D eigenvalue weighted by Gasteiger charge is 2.36. The zero-order valence-corrected chi connectivity index (χ0v) is 22.2. The predicted octanol–water partition coefficient (Wildman–Crippen LogP) is 5.17. The Morgan fingerprint density at radius 1 is 1.18 bits per heavy atom. The second-order valence-electron chi connectivity index (χ2n) is 10.0. The summed E-state index contributed by atoms with van der Waals surface area (Å²) in [7, 11) is 1.79. The normalized spacial score (nSPS) is 18.3. The summed E-state index contributed by atoms with van der Waals surface area (Å²) in [5, 5.41) is 7.02. The van der Waals surface area contributed by atoms with Crippen molar-refractivity contribution in [3.63, 3.8) is 0 Å². The first-order valence-electron chi connectivity index (χ1n) is 12.8. The number of thiazole rings is 1. The molecule has 1 saturated heterocycles. The molecule has 38 heavy (non-hydrogen) atoms. The van der Waals surface area contributed by atoms with Gasteiger partial charge in [0.25, 0.3) is 5.91 Å². The molecule has 202 valence electrons. The molecule has 3 heterocycles. The van der Waals surface area contributed by atoms with E-state index >= 15 is 0 Å². The Bertz CT molecular complexity index is 1340. The van der Waals surface area contributed by atoms with Gasteiger partial charge in [0.15, 0.2) is 10.7 Å². The molecule has 1 atom stereocenters. The number of hydrogen-bond acceptors (Lipinski definition) is 6. The number of nitrogens with one attached hydrogen (secondary N) is 1. The lowest BCUT2D eigenvalue weighted by atomic mass is 9.86. The summed E-state index contributed by atoms with van der Waals surface area (Å²) in [6, 6.07) is 8.99. The first-order chi connectivity index (χ1) is 18.1. The van der Waals surface area contributed by atoms with E-state index in [1.54, 1.807) is 11.9 Å². The number of fused-ring (bicyclic) bond motifs is 1. The summed E-state index contributed by atoms with van der Waals surface area (Å²) >= 11 is 1.19. The van der Waals surface area contributed by atoms with Crippen molar-refractivity contribution in [2.24, 2.45) is 0 Å². The van der Waals surface area contributed by atoms with E-state index in [-0.39, 0.29) is 40.8 Å². The summed E-state index contributed by atoms with van der Waals surface area (Å²) < 4.78 is 40.3. The van der Waals surface area contributed by atoms with Crippen molar-refractivity contribution >= 4 is 23.0 Å². The molecule has 2 aliphatic rings. The molecule has 1 N–H and O–H groups in total. The minimum atomic E-state index is -4.59. The fourth-order valence-electron chi connectivity index (χ4n) is 5.42. The molecule has 7 nitrogen and oxygen atoms in total. The van der Waals surface area contributed by atoms with Crippen LogP contribution in [-0.2, 0) is 19.1 Å². The Labute approximate surface area is 223 Å². The molecule has 0 saturated carbocycles. The summed E-state index contributed by atoms with van der Waals surface area (Å²) in [6.07, 6.45) is -0.154. The molecule has 5 rings (SSSR count). The Hall–Kier alpha value is -3.05. The number of halogens is 3. The number of aromatic nitrogens is 3. The Kier molecular flexibility index (Phi) is 7.41. The van der Waals surface area contributed by atoms with Crippen molar-refractivity contribution in [3.05, 3.63) is 68.4 Å². The Morgan fingerprint density at radius 3 is 2.63 bits per heavy atom. The number of amides is 1. The number of piperidine rings is 1. The van der Waals surface area contributed by atoms with Crippen LogP contribution in [0.1, 0.15) is 85.3 Å². The van der Waals surface area contributed by atoms with Gasteiger partial charge in [-0.05, 0) is 75.2 Å². The van der Waals surface area contributed by atoms with Gasteiger partial charge in [-0.15, -0.1) is 11.3 Å². The maximum Gasteiger partial charge on any atom is 0.435 e. The van der Waals surface area contributed by atoms with Gasteiger partial charge in [0.2, 0.25) is 5.78 Å². The molecule has 0 radical (unpaired) electrons. The van der Waals surface area contributed by atoms with Gasteiger partial charge in [0.05, 0.1) is 6.04 Å². The summed E-state index contributed by atoms with van der Waals surface area (Å²) in [5.74, 6) is -0.607. The van der Waals surface area contributed by atoms with E-state index in [2.05, 4.69) is 27.5 Å². The zero-order chi connectivity index (χ0) is 27.0. The number of Topliss-reactive ketones (excluding diaryl/α,β-unsaturated/α-hetero) is 1. The first kappa shape index (κ1) is 26.6. The van der Waals surface area contributed by atoms with Crippen molar-refractivity contribution < 1.29 is 22.8 Å². The van der Waals surface area contributed by atoms with Crippen LogP contribution in [0.5, 0.6) is 0 Å². The molecular formula is C27H30F3N5O2S. The van der Waals surface area contributed by atoms with Gasteiger partial charge in [0, 0.05) is 17.6 Å². The third-order valence-electron chi connectivity index (χ3n) is 7.50. The topological polar surface area (TPSA) is 80.1 Å². The van der Waals surface area contributed by atoms with E-state index in [0.717, 1.165) is 66.4 Å². The lowest BCUT2D eigenvalue weighted by Crippen LogP contribution is -2.34. The van der Waals surface area contributed by atoms with Crippen molar-refractivity contribution in [2.45, 2.75) is 63.7 Å². The predicted molar refractivity (Wildman–Crippen MR) is 137 cm³/mol. The quantitative estimate of drug-likeness (QED) is 0.433. The maximum atomic E-state index is 13.9. The monoisotopic (exact) mass is 545 g/mol. The number of alkyl halides is 3. The first-order valence-corrected chi connectivity index (χ1v) is 13.7. The van der Waals surface area contributed by atoms with Crippen molar-refractivity contribution in [2.75, 3.05) is 20.1 Å². The highest BCUT2D eigenvalue weighted by Crippen LogP contribution is 2.38. The molecule has 1 amide bonds. The number of nitrogens with zero attached hydrogens (tertiary/aromatic N) is 4. The van der Waals surface area contributed by atoms with Crippen molar-refractivity contribution in [1.29, 1.82) is 0 Å². The Balaban J connectivity index is 1.45. The van der Waals surface area contributed by atoms with Gasteiger partial charge in [0.1, 0.15) is 12.2 Å². The van der Waals surface area contributed by atoms with Gasteiger partial charge < -0.3 is 10.2 Å². The molecule has 1 fully saturated rings. The van der Waals surface area contributed by atoms with Crippen LogP contribution < -0.4 is 5.32 Å². The van der Waals surface area contributed by atoms with Gasteiger partial charge in [-0.1, -0.05) is 24.3 Å². The third-order valence-corrected chi connectivity index (χ3v) is 8.75. The average Bonchev–Trinajstić information content (AvgIpc) is 3.52. The minimum absolute atomic E-state index is 0.0818. The molecule has 0 spiro atoms. The van der Waals surface area contributed by atoms with E-state index in [1.807, 2.05) is 12.1 Å². The Morgan fingerprint density at radius 2 is 1.92 bits per heavy atom. The van der Waals surface area contributed by atoms with E-state index in [1.165, 1.54) is 23.8 Å². The average molecular weight is 546 g/mol. The molecule has 3 aromatic rings. The molecule has 1 aliphatic heterocycles. The van der Waals surface area contributed by atoms with Crippen LogP contribution in [0.25, 0.3) is 0 Å². The standard InChI is InChI=1S/C27H30F3N5O2S/c1-16-14-22(27(28,29)30)33-35(16)15-21(36)25-32-23(24(38-25)18-10-12-31-13-11-18)26(37)34(2)20-9-5-7-17-6-3-4-8-19(17)20/h3-4,6,8,14,18,20,31H,5,7,9-13,15H2,1-2H3/t20-/m1/s1. The largest absolute Gasteiger partial charge is 0.435 e. The molecule has 11 heteroatoms. The van der Waals surface area contributed by atoms with E-state index < -0.39 is 17.7 Å². The van der Waals surface area contributed by atoms with Crippen LogP contribution in [0.15, 0.2) is 30.3 Å². The van der Waals surface area contributed by atoms with E-state index in [9.17, 15) is 22.8 Å². The molecule has 2 aromatic heterocycles. The smallest absolute Gasteiger partial charge is 0.333 e. The van der Waals surface area contributed by atoms with Gasteiger partial charge in [-0.25, -0.2) is 4.98 Å². The summed E-state index contributed by atoms with van der Waals surface area (Å²) in [6.45, 7) is 2.71. The molecule has 1 aromatic carbocycles.